The fourth-order valence-electron chi connectivity index (χ4n) is 4.04. The monoisotopic (exact) mass is 434 g/mol. The van der Waals surface area contributed by atoms with Crippen LogP contribution in [0.5, 0.6) is 11.5 Å². The number of thioether (sulfide) groups is 1. The van der Waals surface area contributed by atoms with E-state index in [9.17, 15) is 0 Å². The third-order valence-electron chi connectivity index (χ3n) is 5.70. The molecule has 0 unspecified atom stereocenters. The van der Waals surface area contributed by atoms with Gasteiger partial charge in [-0.15, -0.1) is 10.2 Å². The quantitative estimate of drug-likeness (QED) is 0.449. The second kappa shape index (κ2) is 9.88. The van der Waals surface area contributed by atoms with E-state index in [4.69, 9.17) is 14.7 Å². The predicted molar refractivity (Wildman–Crippen MR) is 121 cm³/mol. The summed E-state index contributed by atoms with van der Waals surface area (Å²) in [7, 11) is 3.28. The van der Waals surface area contributed by atoms with E-state index in [1.54, 1.807) is 26.0 Å². The molecule has 1 heterocycles. The summed E-state index contributed by atoms with van der Waals surface area (Å²) in [4.78, 5) is 0. The minimum Gasteiger partial charge on any atom is -0.493 e. The van der Waals surface area contributed by atoms with Gasteiger partial charge in [0.25, 0.3) is 0 Å². The number of aromatic nitrogens is 3. The Labute approximate surface area is 187 Å². The molecule has 1 aromatic heterocycles. The van der Waals surface area contributed by atoms with Crippen LogP contribution in [0.15, 0.2) is 47.6 Å². The molecule has 3 aromatic rings. The summed E-state index contributed by atoms with van der Waals surface area (Å²) in [5.41, 5.74) is 2.81. The maximum absolute atomic E-state index is 9.00. The lowest BCUT2D eigenvalue weighted by Gasteiger charge is -2.25. The van der Waals surface area contributed by atoms with Crippen LogP contribution in [0.3, 0.4) is 0 Å². The molecule has 31 heavy (non-hydrogen) atoms. The molecule has 0 bridgehead atoms. The van der Waals surface area contributed by atoms with Crippen molar-refractivity contribution in [3.05, 3.63) is 53.6 Å². The van der Waals surface area contributed by atoms with E-state index in [1.807, 2.05) is 42.5 Å². The zero-order valence-electron chi connectivity index (χ0n) is 17.9. The molecule has 0 N–H and O–H groups in total. The molecule has 7 heteroatoms. The summed E-state index contributed by atoms with van der Waals surface area (Å²) in [6, 6.07) is 16.2. The summed E-state index contributed by atoms with van der Waals surface area (Å²) < 4.78 is 13.2. The highest BCUT2D eigenvalue weighted by atomic mass is 32.2. The lowest BCUT2D eigenvalue weighted by atomic mass is 9.95. The van der Waals surface area contributed by atoms with Crippen LogP contribution in [0.4, 0.5) is 0 Å². The minimum absolute atomic E-state index is 0.398. The smallest absolute Gasteiger partial charge is 0.192 e. The van der Waals surface area contributed by atoms with Crippen LogP contribution in [-0.4, -0.2) is 29.0 Å². The largest absolute Gasteiger partial charge is 0.493 e. The van der Waals surface area contributed by atoms with Gasteiger partial charge in [0, 0.05) is 17.4 Å². The molecule has 4 rings (SSSR count). The number of nitriles is 1. The average Bonchev–Trinajstić information content (AvgIpc) is 3.27. The first-order valence-corrected chi connectivity index (χ1v) is 11.5. The minimum atomic E-state index is 0.398. The normalized spacial score (nSPS) is 14.2. The van der Waals surface area contributed by atoms with E-state index in [2.05, 4.69) is 20.8 Å². The Morgan fingerprint density at radius 3 is 2.42 bits per heavy atom. The molecular weight excluding hydrogens is 408 g/mol. The van der Waals surface area contributed by atoms with Crippen LogP contribution >= 0.6 is 11.8 Å². The number of ether oxygens (including phenoxy) is 2. The third-order valence-corrected chi connectivity index (χ3v) is 6.71. The van der Waals surface area contributed by atoms with Crippen molar-refractivity contribution in [1.82, 2.24) is 14.8 Å². The van der Waals surface area contributed by atoms with Gasteiger partial charge in [0.1, 0.15) is 0 Å². The van der Waals surface area contributed by atoms with Gasteiger partial charge >= 0.3 is 0 Å². The number of benzene rings is 2. The topological polar surface area (TPSA) is 73.0 Å². The van der Waals surface area contributed by atoms with Gasteiger partial charge in [-0.1, -0.05) is 43.2 Å². The average molecular weight is 435 g/mol. The van der Waals surface area contributed by atoms with Gasteiger partial charge in [-0.25, -0.2) is 0 Å². The van der Waals surface area contributed by atoms with Crippen LogP contribution in [-0.2, 0) is 5.75 Å². The maximum atomic E-state index is 9.00. The molecular formula is C24H26N4O2S. The molecule has 0 amide bonds. The zero-order chi connectivity index (χ0) is 21.6. The molecule has 2 aromatic carbocycles. The highest BCUT2D eigenvalue weighted by Gasteiger charge is 2.24. The van der Waals surface area contributed by atoms with Crippen molar-refractivity contribution in [2.45, 2.75) is 49.1 Å². The SMILES string of the molecule is COc1ccc(-c2nnc(SCc3ccc(C#N)cc3)n2C2CCCCC2)cc1OC. The Bertz CT molecular complexity index is 1070. The predicted octanol–water partition coefficient (Wildman–Crippen LogP) is 5.63. The van der Waals surface area contributed by atoms with Gasteiger partial charge in [0.2, 0.25) is 0 Å². The van der Waals surface area contributed by atoms with Crippen molar-refractivity contribution in [3.63, 3.8) is 0 Å². The van der Waals surface area contributed by atoms with E-state index < -0.39 is 0 Å². The van der Waals surface area contributed by atoms with Gasteiger partial charge < -0.3 is 9.47 Å². The van der Waals surface area contributed by atoms with E-state index >= 15 is 0 Å². The Morgan fingerprint density at radius 2 is 1.74 bits per heavy atom. The van der Waals surface area contributed by atoms with Crippen LogP contribution in [0, 0.1) is 11.3 Å². The van der Waals surface area contributed by atoms with E-state index in [0.29, 0.717) is 23.1 Å². The Balaban J connectivity index is 1.66. The molecule has 6 nitrogen and oxygen atoms in total. The Kier molecular flexibility index (Phi) is 6.78. The fourth-order valence-corrected chi connectivity index (χ4v) is 5.00. The molecule has 1 fully saturated rings. The molecule has 0 spiro atoms. The molecule has 0 aliphatic heterocycles. The van der Waals surface area contributed by atoms with Gasteiger partial charge in [-0.2, -0.15) is 5.26 Å². The first kappa shape index (κ1) is 21.3. The third kappa shape index (κ3) is 4.70. The molecule has 0 saturated heterocycles. The van der Waals surface area contributed by atoms with Gasteiger partial charge in [0.15, 0.2) is 22.5 Å². The molecule has 1 aliphatic rings. The van der Waals surface area contributed by atoms with Crippen molar-refractivity contribution in [2.24, 2.45) is 0 Å². The number of rotatable bonds is 7. The first-order chi connectivity index (χ1) is 15.2. The second-order valence-electron chi connectivity index (χ2n) is 7.64. The zero-order valence-corrected chi connectivity index (χ0v) is 18.7. The van der Waals surface area contributed by atoms with Crippen LogP contribution in [0.25, 0.3) is 11.4 Å². The lowest BCUT2D eigenvalue weighted by molar-refractivity contribution is 0.339. The van der Waals surface area contributed by atoms with Crippen LogP contribution in [0.1, 0.15) is 49.3 Å². The number of hydrogen-bond donors (Lipinski definition) is 0. The summed E-state index contributed by atoms with van der Waals surface area (Å²) in [5.74, 6) is 3.04. The Morgan fingerprint density at radius 1 is 1.00 bits per heavy atom. The van der Waals surface area contributed by atoms with Crippen LogP contribution in [0.2, 0.25) is 0 Å². The molecule has 160 valence electrons. The lowest BCUT2D eigenvalue weighted by Crippen LogP contribution is -2.15. The standard InChI is InChI=1S/C24H26N4O2S/c1-29-21-13-12-19(14-22(21)30-2)23-26-27-24(28(23)20-6-4-3-5-7-20)31-16-18-10-8-17(15-25)9-11-18/h8-14,20H,3-7,16H2,1-2H3. The summed E-state index contributed by atoms with van der Waals surface area (Å²) in [5, 5.41) is 19.1. The summed E-state index contributed by atoms with van der Waals surface area (Å²) in [6.07, 6.45) is 6.03. The van der Waals surface area contributed by atoms with E-state index in [0.717, 1.165) is 40.7 Å². The molecule has 1 saturated carbocycles. The van der Waals surface area contributed by atoms with Gasteiger partial charge in [-0.05, 0) is 48.7 Å². The second-order valence-corrected chi connectivity index (χ2v) is 8.58. The number of nitrogens with zero attached hydrogens (tertiary/aromatic N) is 4. The fraction of sp³-hybridized carbons (Fsp3) is 0.375. The number of hydrogen-bond acceptors (Lipinski definition) is 6. The molecule has 1 aliphatic carbocycles. The van der Waals surface area contributed by atoms with Crippen molar-refractivity contribution >= 4 is 11.8 Å². The molecule has 0 atom stereocenters. The highest BCUT2D eigenvalue weighted by molar-refractivity contribution is 7.98. The van der Waals surface area contributed by atoms with Crippen molar-refractivity contribution in [1.29, 1.82) is 5.26 Å². The van der Waals surface area contributed by atoms with E-state index in [1.165, 1.54) is 19.3 Å². The summed E-state index contributed by atoms with van der Waals surface area (Å²) in [6.45, 7) is 0. The highest BCUT2D eigenvalue weighted by Crippen LogP contribution is 2.38. The van der Waals surface area contributed by atoms with Gasteiger partial charge in [-0.3, -0.25) is 4.57 Å². The van der Waals surface area contributed by atoms with E-state index in [-0.39, 0.29) is 0 Å². The van der Waals surface area contributed by atoms with Crippen molar-refractivity contribution < 1.29 is 9.47 Å². The number of methoxy groups -OCH3 is 2. The van der Waals surface area contributed by atoms with Crippen molar-refractivity contribution in [2.75, 3.05) is 14.2 Å². The molecule has 0 radical (unpaired) electrons. The van der Waals surface area contributed by atoms with Crippen LogP contribution < -0.4 is 9.47 Å². The Hall–Kier alpha value is -2.98. The summed E-state index contributed by atoms with van der Waals surface area (Å²) >= 11 is 1.69. The van der Waals surface area contributed by atoms with Gasteiger partial charge in [0.05, 0.1) is 25.9 Å². The first-order valence-electron chi connectivity index (χ1n) is 10.5. The maximum Gasteiger partial charge on any atom is 0.192 e. The van der Waals surface area contributed by atoms with Crippen molar-refractivity contribution in [3.8, 4) is 29.0 Å².